The van der Waals surface area contributed by atoms with Gasteiger partial charge in [0.05, 0.1) is 0 Å². The zero-order chi connectivity index (χ0) is 12.4. The summed E-state index contributed by atoms with van der Waals surface area (Å²) in [4.78, 5) is 23.3. The number of nitrogens with zero attached hydrogens (tertiary/aromatic N) is 4. The molecule has 1 aliphatic rings. The summed E-state index contributed by atoms with van der Waals surface area (Å²) in [6, 6.07) is 0. The van der Waals surface area contributed by atoms with E-state index in [-0.39, 0.29) is 5.91 Å². The van der Waals surface area contributed by atoms with E-state index < -0.39 is 0 Å². The van der Waals surface area contributed by atoms with Crippen molar-refractivity contribution in [3.63, 3.8) is 0 Å². The lowest BCUT2D eigenvalue weighted by Gasteiger charge is -2.35. The fourth-order valence-electron chi connectivity index (χ4n) is 1.83. The number of nitrogen functional groups attached to an aromatic ring is 1. The molecule has 17 heavy (non-hydrogen) atoms. The number of rotatable bonds is 1. The summed E-state index contributed by atoms with van der Waals surface area (Å²) in [7, 11) is 0. The Morgan fingerprint density at radius 1 is 1.35 bits per heavy atom. The van der Waals surface area contributed by atoms with E-state index in [0.717, 1.165) is 23.4 Å². The summed E-state index contributed by atoms with van der Waals surface area (Å²) in [5, 5.41) is 0. The number of amides is 1. The summed E-state index contributed by atoms with van der Waals surface area (Å²) in [6.07, 6.45) is 1.45. The molecule has 1 aromatic rings. The Bertz CT molecular complexity index is 431. The third-order valence-corrected chi connectivity index (χ3v) is 3.58. The molecule has 0 unspecified atom stereocenters. The molecular weight excluding hydrogens is 286 g/mol. The molecule has 0 saturated carbocycles. The smallest absolute Gasteiger partial charge is 0.219 e. The van der Waals surface area contributed by atoms with Crippen molar-refractivity contribution in [2.24, 2.45) is 0 Å². The summed E-state index contributed by atoms with van der Waals surface area (Å²) >= 11 is 3.39. The second-order valence-corrected chi connectivity index (χ2v) is 4.68. The number of carbonyl (C=O) groups excluding carboxylic acids is 1. The molecule has 2 heterocycles. The molecule has 0 bridgehead atoms. The van der Waals surface area contributed by atoms with Gasteiger partial charge in [-0.3, -0.25) is 4.79 Å². The Kier molecular flexibility index (Phi) is 3.46. The van der Waals surface area contributed by atoms with Gasteiger partial charge < -0.3 is 15.5 Å². The van der Waals surface area contributed by atoms with Crippen LogP contribution >= 0.6 is 15.9 Å². The van der Waals surface area contributed by atoms with Gasteiger partial charge in [-0.15, -0.1) is 0 Å². The van der Waals surface area contributed by atoms with Gasteiger partial charge in [0.25, 0.3) is 0 Å². The number of piperazine rings is 1. The maximum absolute atomic E-state index is 11.2. The van der Waals surface area contributed by atoms with Crippen LogP contribution in [0.5, 0.6) is 0 Å². The van der Waals surface area contributed by atoms with E-state index in [1.165, 1.54) is 6.33 Å². The molecule has 0 atom stereocenters. The minimum Gasteiger partial charge on any atom is -0.383 e. The number of anilines is 2. The van der Waals surface area contributed by atoms with Crippen LogP contribution in [-0.2, 0) is 4.79 Å². The van der Waals surface area contributed by atoms with E-state index in [2.05, 4.69) is 30.8 Å². The number of aromatic nitrogens is 2. The number of carbonyl (C=O) groups is 1. The van der Waals surface area contributed by atoms with Crippen LogP contribution in [0.25, 0.3) is 0 Å². The Morgan fingerprint density at radius 2 is 2.00 bits per heavy atom. The average Bonchev–Trinajstić information content (AvgIpc) is 2.33. The zero-order valence-corrected chi connectivity index (χ0v) is 11.1. The van der Waals surface area contributed by atoms with Crippen LogP contribution < -0.4 is 10.6 Å². The summed E-state index contributed by atoms with van der Waals surface area (Å²) in [5.41, 5.74) is 5.71. The second kappa shape index (κ2) is 4.87. The van der Waals surface area contributed by atoms with Gasteiger partial charge in [-0.1, -0.05) is 0 Å². The molecule has 2 rings (SSSR count). The molecule has 2 N–H and O–H groups in total. The van der Waals surface area contributed by atoms with Gasteiger partial charge >= 0.3 is 0 Å². The first kappa shape index (κ1) is 12.1. The predicted molar refractivity (Wildman–Crippen MR) is 68.6 cm³/mol. The maximum Gasteiger partial charge on any atom is 0.219 e. The summed E-state index contributed by atoms with van der Waals surface area (Å²) in [6.45, 7) is 4.54. The van der Waals surface area contributed by atoms with Crippen molar-refractivity contribution in [1.29, 1.82) is 0 Å². The third-order valence-electron chi connectivity index (χ3n) is 2.82. The van der Waals surface area contributed by atoms with E-state index >= 15 is 0 Å². The monoisotopic (exact) mass is 299 g/mol. The Balaban J connectivity index is 2.10. The summed E-state index contributed by atoms with van der Waals surface area (Å²) in [5.74, 6) is 1.34. The normalized spacial score (nSPS) is 16.1. The Morgan fingerprint density at radius 3 is 2.59 bits per heavy atom. The number of hydrogen-bond donors (Lipinski definition) is 1. The van der Waals surface area contributed by atoms with Crippen molar-refractivity contribution in [3.8, 4) is 0 Å². The standard InChI is InChI=1S/C10H14BrN5O/c1-7(17)15-2-4-16(5-3-15)10-8(11)9(12)13-6-14-10/h6H,2-5H2,1H3,(H2,12,13,14). The lowest BCUT2D eigenvalue weighted by atomic mass is 10.3. The molecule has 1 aromatic heterocycles. The predicted octanol–water partition coefficient (Wildman–Crippen LogP) is 0.490. The van der Waals surface area contributed by atoms with E-state index in [0.29, 0.717) is 18.9 Å². The molecule has 92 valence electrons. The highest BCUT2D eigenvalue weighted by atomic mass is 79.9. The molecule has 6 nitrogen and oxygen atoms in total. The van der Waals surface area contributed by atoms with E-state index in [4.69, 9.17) is 5.73 Å². The molecular formula is C10H14BrN5O. The first-order valence-corrected chi connectivity index (χ1v) is 6.15. The molecule has 0 radical (unpaired) electrons. The summed E-state index contributed by atoms with van der Waals surface area (Å²) < 4.78 is 0.719. The lowest BCUT2D eigenvalue weighted by Crippen LogP contribution is -2.48. The van der Waals surface area contributed by atoms with Gasteiger partial charge in [0.1, 0.15) is 22.4 Å². The SMILES string of the molecule is CC(=O)N1CCN(c2ncnc(N)c2Br)CC1. The molecule has 0 spiro atoms. The molecule has 0 aromatic carbocycles. The second-order valence-electron chi connectivity index (χ2n) is 3.89. The van der Waals surface area contributed by atoms with Crippen molar-refractivity contribution in [2.45, 2.75) is 6.92 Å². The molecule has 1 saturated heterocycles. The van der Waals surface area contributed by atoms with Crippen LogP contribution in [0.1, 0.15) is 6.92 Å². The van der Waals surface area contributed by atoms with Crippen LogP contribution in [0.2, 0.25) is 0 Å². The highest BCUT2D eigenvalue weighted by molar-refractivity contribution is 9.10. The largest absolute Gasteiger partial charge is 0.383 e. The molecule has 1 fully saturated rings. The quantitative estimate of drug-likeness (QED) is 0.817. The minimum atomic E-state index is 0.117. The van der Waals surface area contributed by atoms with Crippen molar-refractivity contribution in [1.82, 2.24) is 14.9 Å². The first-order chi connectivity index (χ1) is 8.09. The number of nitrogens with two attached hydrogens (primary N) is 1. The average molecular weight is 300 g/mol. The maximum atomic E-state index is 11.2. The third kappa shape index (κ3) is 2.49. The van der Waals surface area contributed by atoms with Gasteiger partial charge in [-0.05, 0) is 15.9 Å². The van der Waals surface area contributed by atoms with Crippen molar-refractivity contribution < 1.29 is 4.79 Å². The lowest BCUT2D eigenvalue weighted by molar-refractivity contribution is -0.129. The molecule has 0 aliphatic carbocycles. The van der Waals surface area contributed by atoms with E-state index in [1.807, 2.05) is 4.90 Å². The van der Waals surface area contributed by atoms with Gasteiger partial charge in [0.2, 0.25) is 5.91 Å². The number of hydrogen-bond acceptors (Lipinski definition) is 5. The van der Waals surface area contributed by atoms with Gasteiger partial charge in [0, 0.05) is 33.1 Å². The fraction of sp³-hybridized carbons (Fsp3) is 0.500. The van der Waals surface area contributed by atoms with Crippen LogP contribution in [0.3, 0.4) is 0 Å². The van der Waals surface area contributed by atoms with Crippen molar-refractivity contribution >= 4 is 33.5 Å². The van der Waals surface area contributed by atoms with Gasteiger partial charge in [0.15, 0.2) is 0 Å². The van der Waals surface area contributed by atoms with E-state index in [1.54, 1.807) is 6.92 Å². The van der Waals surface area contributed by atoms with Crippen LogP contribution in [0.15, 0.2) is 10.8 Å². The van der Waals surface area contributed by atoms with Gasteiger partial charge in [-0.25, -0.2) is 9.97 Å². The highest BCUT2D eigenvalue weighted by Gasteiger charge is 2.21. The van der Waals surface area contributed by atoms with Gasteiger partial charge in [-0.2, -0.15) is 0 Å². The molecule has 1 aliphatic heterocycles. The Hall–Kier alpha value is -1.37. The highest BCUT2D eigenvalue weighted by Crippen LogP contribution is 2.27. The topological polar surface area (TPSA) is 75.4 Å². The molecule has 7 heteroatoms. The van der Waals surface area contributed by atoms with Crippen LogP contribution in [-0.4, -0.2) is 47.0 Å². The van der Waals surface area contributed by atoms with Crippen molar-refractivity contribution in [2.75, 3.05) is 36.8 Å². The number of halogens is 1. The minimum absolute atomic E-state index is 0.117. The molecule has 1 amide bonds. The van der Waals surface area contributed by atoms with Crippen LogP contribution in [0.4, 0.5) is 11.6 Å². The first-order valence-electron chi connectivity index (χ1n) is 5.36. The Labute approximate surface area is 108 Å². The van der Waals surface area contributed by atoms with Crippen molar-refractivity contribution in [3.05, 3.63) is 10.8 Å². The van der Waals surface area contributed by atoms with Crippen LogP contribution in [0, 0.1) is 0 Å². The van der Waals surface area contributed by atoms with E-state index in [9.17, 15) is 4.79 Å². The zero-order valence-electron chi connectivity index (χ0n) is 9.56. The fourth-order valence-corrected chi connectivity index (χ4v) is 2.28.